The van der Waals surface area contributed by atoms with E-state index in [0.29, 0.717) is 23.9 Å². The van der Waals surface area contributed by atoms with Gasteiger partial charge in [-0.3, -0.25) is 4.79 Å². The van der Waals surface area contributed by atoms with Crippen LogP contribution in [0.4, 0.5) is 18.9 Å². The van der Waals surface area contributed by atoms with Crippen LogP contribution >= 0.6 is 0 Å². The van der Waals surface area contributed by atoms with Crippen molar-refractivity contribution < 1.29 is 23.1 Å². The lowest BCUT2D eigenvalue weighted by molar-refractivity contribution is -0.119. The van der Waals surface area contributed by atoms with E-state index in [1.165, 1.54) is 28.7 Å². The normalized spacial score (nSPS) is 33.9. The van der Waals surface area contributed by atoms with Crippen molar-refractivity contribution in [2.24, 2.45) is 17.3 Å². The molecule has 0 spiro atoms. The summed E-state index contributed by atoms with van der Waals surface area (Å²) in [6.07, 6.45) is 3.23. The number of benzene rings is 1. The smallest absolute Gasteiger partial charge is 0.393 e. The number of aliphatic hydroxyl groups excluding tert-OH is 1. The van der Waals surface area contributed by atoms with E-state index >= 15 is 0 Å². The summed E-state index contributed by atoms with van der Waals surface area (Å²) in [7, 11) is 1.46. The number of anilines is 1. The third kappa shape index (κ3) is 3.94. The minimum absolute atomic E-state index is 0.123. The molecule has 2 saturated carbocycles. The van der Waals surface area contributed by atoms with Crippen molar-refractivity contribution in [1.82, 2.24) is 0 Å². The highest BCUT2D eigenvalue weighted by Crippen LogP contribution is 2.63. The highest BCUT2D eigenvalue weighted by Gasteiger charge is 2.56. The maximum absolute atomic E-state index is 12.8. The summed E-state index contributed by atoms with van der Waals surface area (Å²) < 4.78 is 38.5. The summed E-state index contributed by atoms with van der Waals surface area (Å²) in [5, 5.41) is 10.9. The second-order valence-electron chi connectivity index (χ2n) is 10.7. The second-order valence-corrected chi connectivity index (χ2v) is 10.7. The van der Waals surface area contributed by atoms with Gasteiger partial charge in [0, 0.05) is 25.1 Å². The van der Waals surface area contributed by atoms with Crippen molar-refractivity contribution in [3.63, 3.8) is 0 Å². The van der Waals surface area contributed by atoms with Gasteiger partial charge in [0.2, 0.25) is 0 Å². The third-order valence-electron chi connectivity index (χ3n) is 8.83. The number of hydrogen-bond acceptors (Lipinski definition) is 3. The largest absolute Gasteiger partial charge is 0.405 e. The number of rotatable bonds is 3. The standard InChI is InChI=1S/C27H32F3NO2/c1-26-14-22(16-3-6-18(7-4-16)31(2)15-27(28,29)30)25-20-10-8-19(32)13-17(20)5-9-21(25)23(26)11-12-24(26)33/h3-4,6-7,13,21-24,33H,5,8-12,14-15H2,1-2H3. The first-order valence-corrected chi connectivity index (χ1v) is 12.1. The summed E-state index contributed by atoms with van der Waals surface area (Å²) in [5.41, 5.74) is 5.45. The van der Waals surface area contributed by atoms with Crippen molar-refractivity contribution >= 4 is 11.5 Å². The molecule has 0 aliphatic heterocycles. The fourth-order valence-electron chi connectivity index (χ4n) is 7.25. The van der Waals surface area contributed by atoms with Crippen LogP contribution in [-0.2, 0) is 4.79 Å². The molecule has 5 atom stereocenters. The number of carbonyl (C=O) groups is 1. The maximum Gasteiger partial charge on any atom is 0.405 e. The Labute approximate surface area is 193 Å². The van der Waals surface area contributed by atoms with Gasteiger partial charge in [-0.1, -0.05) is 24.6 Å². The predicted molar refractivity (Wildman–Crippen MR) is 122 cm³/mol. The van der Waals surface area contributed by atoms with Gasteiger partial charge in [-0.15, -0.1) is 0 Å². The average molecular weight is 460 g/mol. The molecule has 4 aliphatic carbocycles. The van der Waals surface area contributed by atoms with Crippen LogP contribution in [0.25, 0.3) is 0 Å². The van der Waals surface area contributed by atoms with Crippen LogP contribution in [0.2, 0.25) is 0 Å². The fourth-order valence-corrected chi connectivity index (χ4v) is 7.25. The molecule has 0 heterocycles. The number of aliphatic hydroxyl groups is 1. The fraction of sp³-hybridized carbons (Fsp3) is 0.593. The van der Waals surface area contributed by atoms with E-state index in [1.807, 2.05) is 18.2 Å². The van der Waals surface area contributed by atoms with Gasteiger partial charge in [-0.25, -0.2) is 0 Å². The van der Waals surface area contributed by atoms with Gasteiger partial charge in [-0.2, -0.15) is 13.2 Å². The molecule has 4 aliphatic rings. The van der Waals surface area contributed by atoms with Crippen LogP contribution < -0.4 is 4.90 Å². The van der Waals surface area contributed by atoms with Crippen LogP contribution in [0, 0.1) is 17.3 Å². The summed E-state index contributed by atoms with van der Waals surface area (Å²) in [6.45, 7) is 1.24. The van der Waals surface area contributed by atoms with Gasteiger partial charge in [0.05, 0.1) is 6.10 Å². The molecule has 1 N–H and O–H groups in total. The molecule has 1 aromatic carbocycles. The van der Waals surface area contributed by atoms with Gasteiger partial charge < -0.3 is 10.0 Å². The van der Waals surface area contributed by atoms with E-state index in [-0.39, 0.29) is 23.2 Å². The Morgan fingerprint density at radius 2 is 1.82 bits per heavy atom. The van der Waals surface area contributed by atoms with Gasteiger partial charge >= 0.3 is 6.18 Å². The molecule has 33 heavy (non-hydrogen) atoms. The lowest BCUT2D eigenvalue weighted by atomic mass is 9.53. The summed E-state index contributed by atoms with van der Waals surface area (Å²) in [4.78, 5) is 13.3. The van der Waals surface area contributed by atoms with E-state index in [9.17, 15) is 23.1 Å². The van der Waals surface area contributed by atoms with Crippen LogP contribution in [0.3, 0.4) is 0 Å². The number of nitrogens with zero attached hydrogens (tertiary/aromatic N) is 1. The minimum atomic E-state index is -4.25. The Hall–Kier alpha value is -2.08. The molecular weight excluding hydrogens is 427 g/mol. The van der Waals surface area contributed by atoms with Crippen LogP contribution in [0.1, 0.15) is 63.4 Å². The molecule has 6 heteroatoms. The molecule has 2 fully saturated rings. The van der Waals surface area contributed by atoms with Crippen molar-refractivity contribution in [3.8, 4) is 0 Å². The van der Waals surface area contributed by atoms with Gasteiger partial charge in [0.1, 0.15) is 6.54 Å². The molecule has 0 amide bonds. The van der Waals surface area contributed by atoms with Crippen molar-refractivity contribution in [2.75, 3.05) is 18.5 Å². The predicted octanol–water partition coefficient (Wildman–Crippen LogP) is 5.95. The number of halogens is 3. The molecule has 0 saturated heterocycles. The van der Waals surface area contributed by atoms with Crippen LogP contribution in [0.5, 0.6) is 0 Å². The van der Waals surface area contributed by atoms with E-state index in [1.54, 1.807) is 12.1 Å². The van der Waals surface area contributed by atoms with Crippen molar-refractivity contribution in [2.45, 2.75) is 70.1 Å². The summed E-state index contributed by atoms with van der Waals surface area (Å²) >= 11 is 0. The summed E-state index contributed by atoms with van der Waals surface area (Å²) in [5.74, 6) is 1.18. The van der Waals surface area contributed by atoms with Crippen molar-refractivity contribution in [1.29, 1.82) is 0 Å². The number of allylic oxidation sites excluding steroid dienone is 4. The lowest BCUT2D eigenvalue weighted by Crippen LogP contribution is -2.45. The Balaban J connectivity index is 1.55. The molecule has 5 rings (SSSR count). The monoisotopic (exact) mass is 459 g/mol. The molecule has 0 radical (unpaired) electrons. The number of ketones is 1. The molecule has 3 nitrogen and oxygen atoms in total. The zero-order valence-electron chi connectivity index (χ0n) is 19.3. The Morgan fingerprint density at radius 1 is 1.09 bits per heavy atom. The quantitative estimate of drug-likeness (QED) is 0.608. The first-order chi connectivity index (χ1) is 15.6. The lowest BCUT2D eigenvalue weighted by Gasteiger charge is -2.52. The second kappa shape index (κ2) is 8.00. The highest BCUT2D eigenvalue weighted by atomic mass is 19.4. The van der Waals surface area contributed by atoms with Gasteiger partial charge in [0.25, 0.3) is 0 Å². The first-order valence-electron chi connectivity index (χ1n) is 12.1. The van der Waals surface area contributed by atoms with Gasteiger partial charge in [0.15, 0.2) is 5.78 Å². The number of carbonyl (C=O) groups excluding carboxylic acids is 1. The van der Waals surface area contributed by atoms with E-state index < -0.39 is 12.7 Å². The average Bonchev–Trinajstić information content (AvgIpc) is 3.06. The topological polar surface area (TPSA) is 40.5 Å². The molecular formula is C27H32F3NO2. The molecule has 1 aromatic rings. The van der Waals surface area contributed by atoms with E-state index in [2.05, 4.69) is 6.92 Å². The Bertz CT molecular complexity index is 1010. The molecule has 0 bridgehead atoms. The Kier molecular flexibility index (Phi) is 5.50. The molecule has 178 valence electrons. The highest BCUT2D eigenvalue weighted by molar-refractivity contribution is 5.93. The number of hydrogen-bond donors (Lipinski definition) is 1. The summed E-state index contributed by atoms with van der Waals surface area (Å²) in [6, 6.07) is 7.50. The van der Waals surface area contributed by atoms with Crippen molar-refractivity contribution in [3.05, 3.63) is 52.6 Å². The van der Waals surface area contributed by atoms with E-state index in [0.717, 1.165) is 44.1 Å². The van der Waals surface area contributed by atoms with Gasteiger partial charge in [-0.05, 0) is 90.7 Å². The zero-order valence-corrected chi connectivity index (χ0v) is 19.3. The SMILES string of the molecule is CN(CC(F)(F)F)c1ccc(C2CC3(C)C(O)CCC3C3CCC4=CC(=O)CCC4=C23)cc1. The van der Waals surface area contributed by atoms with Crippen LogP contribution in [0.15, 0.2) is 47.1 Å². The minimum Gasteiger partial charge on any atom is -0.393 e. The Morgan fingerprint density at radius 3 is 2.52 bits per heavy atom. The number of fused-ring (bicyclic) bond motifs is 4. The molecule has 5 unspecified atom stereocenters. The van der Waals surface area contributed by atoms with Crippen LogP contribution in [-0.4, -0.2) is 36.8 Å². The first kappa shape index (κ1) is 22.7. The van der Waals surface area contributed by atoms with E-state index in [4.69, 9.17) is 0 Å². The zero-order chi connectivity index (χ0) is 23.5. The third-order valence-corrected chi connectivity index (χ3v) is 8.83. The maximum atomic E-state index is 12.8. The molecule has 0 aromatic heterocycles. The number of alkyl halides is 3.